The second-order valence-corrected chi connectivity index (χ2v) is 1.87. The minimum absolute atomic E-state index is 0.604. The molecule has 0 saturated carbocycles. The predicted molar refractivity (Wildman–Crippen MR) is 25.5 cm³/mol. The maximum Gasteiger partial charge on any atom is 0.207 e. The fourth-order valence-corrected chi connectivity index (χ4v) is 0.510. The largest absolute Gasteiger partial charge is 0.470 e. The number of aliphatic hydroxyl groups is 1. The van der Waals surface area contributed by atoms with Gasteiger partial charge < -0.3 is 9.84 Å². The van der Waals surface area contributed by atoms with Gasteiger partial charge in [0.05, 0.1) is 6.26 Å². The first-order chi connectivity index (χ1) is 3.21. The van der Waals surface area contributed by atoms with Crippen LogP contribution in [0.3, 0.4) is 0 Å². The number of rotatable bonds is 0. The summed E-state index contributed by atoms with van der Waals surface area (Å²) in [6.07, 6.45) is 3.91. The van der Waals surface area contributed by atoms with Crippen LogP contribution in [0.2, 0.25) is 0 Å². The Morgan fingerprint density at radius 3 is 2.71 bits per heavy atom. The summed E-state index contributed by atoms with van der Waals surface area (Å²) in [4.78, 5) is 0. The van der Waals surface area contributed by atoms with E-state index in [1.807, 2.05) is 0 Å². The van der Waals surface area contributed by atoms with Crippen molar-refractivity contribution < 1.29 is 9.84 Å². The Morgan fingerprint density at radius 1 is 1.86 bits per heavy atom. The van der Waals surface area contributed by atoms with E-state index < -0.39 is 5.79 Å². The first-order valence-electron chi connectivity index (χ1n) is 2.26. The van der Waals surface area contributed by atoms with Crippen molar-refractivity contribution in [3.63, 3.8) is 0 Å². The summed E-state index contributed by atoms with van der Waals surface area (Å²) in [5, 5.41) is 8.91. The van der Waals surface area contributed by atoms with Gasteiger partial charge in [0.15, 0.2) is 0 Å². The molecule has 0 saturated heterocycles. The van der Waals surface area contributed by atoms with E-state index in [0.29, 0.717) is 6.42 Å². The average molecular weight is 100 g/mol. The van der Waals surface area contributed by atoms with E-state index in [9.17, 15) is 0 Å². The third kappa shape index (κ3) is 0.933. The van der Waals surface area contributed by atoms with Crippen molar-refractivity contribution in [1.82, 2.24) is 0 Å². The summed E-state index contributed by atoms with van der Waals surface area (Å²) in [7, 11) is 0. The molecule has 1 aliphatic rings. The van der Waals surface area contributed by atoms with E-state index in [1.54, 1.807) is 13.0 Å². The molecule has 0 bridgehead atoms. The molecule has 1 aliphatic heterocycles. The Kier molecular flexibility index (Phi) is 0.820. The van der Waals surface area contributed by atoms with Gasteiger partial charge in [-0.25, -0.2) is 0 Å². The van der Waals surface area contributed by atoms with Crippen LogP contribution in [0.5, 0.6) is 0 Å². The minimum Gasteiger partial charge on any atom is -0.470 e. The van der Waals surface area contributed by atoms with Gasteiger partial charge in [0.1, 0.15) is 0 Å². The highest BCUT2D eigenvalue weighted by atomic mass is 16.6. The molecule has 0 spiro atoms. The fourth-order valence-electron chi connectivity index (χ4n) is 0.510. The Hall–Kier alpha value is -0.500. The molecular formula is C5H8O2. The van der Waals surface area contributed by atoms with E-state index >= 15 is 0 Å². The molecule has 40 valence electrons. The van der Waals surface area contributed by atoms with Crippen LogP contribution in [-0.2, 0) is 4.74 Å². The zero-order valence-electron chi connectivity index (χ0n) is 4.22. The van der Waals surface area contributed by atoms with Crippen LogP contribution < -0.4 is 0 Å². The first kappa shape index (κ1) is 4.65. The molecule has 2 nitrogen and oxygen atoms in total. The summed E-state index contributed by atoms with van der Waals surface area (Å²) in [6, 6.07) is 0. The van der Waals surface area contributed by atoms with E-state index in [4.69, 9.17) is 9.84 Å². The van der Waals surface area contributed by atoms with Gasteiger partial charge in [-0.1, -0.05) is 0 Å². The molecule has 1 rings (SSSR count). The SMILES string of the molecule is CC1(O)CC=CO1. The lowest BCUT2D eigenvalue weighted by Gasteiger charge is -2.13. The van der Waals surface area contributed by atoms with Crippen molar-refractivity contribution in [2.75, 3.05) is 0 Å². The summed E-state index contributed by atoms with van der Waals surface area (Å²) < 4.78 is 4.72. The summed E-state index contributed by atoms with van der Waals surface area (Å²) >= 11 is 0. The first-order valence-corrected chi connectivity index (χ1v) is 2.26. The summed E-state index contributed by atoms with van der Waals surface area (Å²) in [6.45, 7) is 1.63. The molecule has 1 N–H and O–H groups in total. The highest BCUT2D eigenvalue weighted by molar-refractivity contribution is 4.88. The molecule has 0 aromatic heterocycles. The second kappa shape index (κ2) is 1.23. The molecule has 1 unspecified atom stereocenters. The van der Waals surface area contributed by atoms with Crippen molar-refractivity contribution in [3.8, 4) is 0 Å². The molecule has 2 heteroatoms. The molecule has 0 fully saturated rings. The standard InChI is InChI=1S/C5H8O2/c1-5(6)3-2-4-7-5/h2,4,6H,3H2,1H3. The minimum atomic E-state index is -0.917. The normalized spacial score (nSPS) is 38.6. The Morgan fingerprint density at radius 2 is 2.57 bits per heavy atom. The molecular weight excluding hydrogens is 92.1 g/mol. The molecule has 7 heavy (non-hydrogen) atoms. The third-order valence-corrected chi connectivity index (χ3v) is 0.915. The fraction of sp³-hybridized carbons (Fsp3) is 0.600. The van der Waals surface area contributed by atoms with Gasteiger partial charge >= 0.3 is 0 Å². The lowest BCUT2D eigenvalue weighted by Crippen LogP contribution is -2.20. The Bertz CT molecular complexity index is 84.3. The van der Waals surface area contributed by atoms with Crippen molar-refractivity contribution in [3.05, 3.63) is 12.3 Å². The second-order valence-electron chi connectivity index (χ2n) is 1.87. The van der Waals surface area contributed by atoms with Crippen LogP contribution in [-0.4, -0.2) is 10.9 Å². The van der Waals surface area contributed by atoms with Gasteiger partial charge in [-0.3, -0.25) is 0 Å². The van der Waals surface area contributed by atoms with Crippen molar-refractivity contribution in [1.29, 1.82) is 0 Å². The van der Waals surface area contributed by atoms with Gasteiger partial charge in [0.2, 0.25) is 5.79 Å². The molecule has 0 aromatic rings. The highest BCUT2D eigenvalue weighted by Gasteiger charge is 2.21. The average Bonchev–Trinajstić information content (AvgIpc) is 1.84. The monoisotopic (exact) mass is 100 g/mol. The van der Waals surface area contributed by atoms with Gasteiger partial charge in [-0.15, -0.1) is 0 Å². The lowest BCUT2D eigenvalue weighted by atomic mass is 10.2. The van der Waals surface area contributed by atoms with E-state index in [0.717, 1.165) is 0 Å². The number of hydrogen-bond donors (Lipinski definition) is 1. The van der Waals surface area contributed by atoms with Crippen LogP contribution in [0.1, 0.15) is 13.3 Å². The van der Waals surface area contributed by atoms with E-state index in [1.165, 1.54) is 6.26 Å². The van der Waals surface area contributed by atoms with Crippen LogP contribution in [0.4, 0.5) is 0 Å². The predicted octanol–water partition coefficient (Wildman–Crippen LogP) is 0.629. The zero-order valence-corrected chi connectivity index (χ0v) is 4.22. The quantitative estimate of drug-likeness (QED) is 0.483. The number of hydrogen-bond acceptors (Lipinski definition) is 2. The number of ether oxygens (including phenoxy) is 1. The molecule has 0 aliphatic carbocycles. The highest BCUT2D eigenvalue weighted by Crippen LogP contribution is 2.17. The molecule has 1 heterocycles. The lowest BCUT2D eigenvalue weighted by molar-refractivity contribution is -0.134. The smallest absolute Gasteiger partial charge is 0.207 e. The van der Waals surface area contributed by atoms with Crippen LogP contribution in [0.25, 0.3) is 0 Å². The summed E-state index contributed by atoms with van der Waals surface area (Å²) in [5.74, 6) is -0.917. The summed E-state index contributed by atoms with van der Waals surface area (Å²) in [5.41, 5.74) is 0. The van der Waals surface area contributed by atoms with E-state index in [2.05, 4.69) is 0 Å². The third-order valence-electron chi connectivity index (χ3n) is 0.915. The molecule has 0 radical (unpaired) electrons. The van der Waals surface area contributed by atoms with Crippen molar-refractivity contribution in [2.24, 2.45) is 0 Å². The topological polar surface area (TPSA) is 29.5 Å². The molecule has 1 atom stereocenters. The van der Waals surface area contributed by atoms with Gasteiger partial charge in [0.25, 0.3) is 0 Å². The Labute approximate surface area is 42.4 Å². The molecule has 0 aromatic carbocycles. The van der Waals surface area contributed by atoms with Crippen LogP contribution in [0, 0.1) is 0 Å². The van der Waals surface area contributed by atoms with E-state index in [-0.39, 0.29) is 0 Å². The van der Waals surface area contributed by atoms with Crippen LogP contribution in [0.15, 0.2) is 12.3 Å². The maximum absolute atomic E-state index is 8.91. The Balaban J connectivity index is 2.49. The molecule has 0 amide bonds. The zero-order chi connectivity index (χ0) is 5.33. The van der Waals surface area contributed by atoms with Gasteiger partial charge in [-0.2, -0.15) is 0 Å². The maximum atomic E-state index is 8.91. The van der Waals surface area contributed by atoms with Gasteiger partial charge in [0, 0.05) is 13.3 Å². The van der Waals surface area contributed by atoms with Crippen LogP contribution >= 0.6 is 0 Å². The van der Waals surface area contributed by atoms with Gasteiger partial charge in [-0.05, 0) is 6.08 Å². The van der Waals surface area contributed by atoms with Crippen molar-refractivity contribution in [2.45, 2.75) is 19.1 Å². The van der Waals surface area contributed by atoms with Crippen molar-refractivity contribution >= 4 is 0 Å².